The van der Waals surface area contributed by atoms with Gasteiger partial charge >= 0.3 is 0 Å². The SMILES string of the molecule is CC(C)(Br)C(=O)N(CCO)C1CCCC1. The van der Waals surface area contributed by atoms with Gasteiger partial charge in [0.15, 0.2) is 0 Å². The lowest BCUT2D eigenvalue weighted by atomic mass is 10.1. The van der Waals surface area contributed by atoms with Crippen LogP contribution in [-0.4, -0.2) is 39.4 Å². The topological polar surface area (TPSA) is 40.5 Å². The van der Waals surface area contributed by atoms with E-state index in [1.54, 1.807) is 0 Å². The van der Waals surface area contributed by atoms with Crippen LogP contribution < -0.4 is 0 Å². The first-order valence-corrected chi connectivity index (χ1v) is 6.37. The zero-order valence-electron chi connectivity index (χ0n) is 9.50. The van der Waals surface area contributed by atoms with E-state index >= 15 is 0 Å². The summed E-state index contributed by atoms with van der Waals surface area (Å²) in [6, 6.07) is 0.335. The van der Waals surface area contributed by atoms with Gasteiger partial charge in [-0.15, -0.1) is 0 Å². The quantitative estimate of drug-likeness (QED) is 0.798. The second-order valence-corrected chi connectivity index (χ2v) is 6.62. The number of carbonyl (C=O) groups excluding carboxylic acids is 1. The van der Waals surface area contributed by atoms with Gasteiger partial charge in [0.05, 0.1) is 10.9 Å². The highest BCUT2D eigenvalue weighted by Gasteiger charge is 2.34. The van der Waals surface area contributed by atoms with Gasteiger partial charge in [0.25, 0.3) is 0 Å². The van der Waals surface area contributed by atoms with E-state index in [9.17, 15) is 4.79 Å². The Labute approximate surface area is 100.0 Å². The summed E-state index contributed by atoms with van der Waals surface area (Å²) in [6.07, 6.45) is 4.55. The minimum absolute atomic E-state index is 0.0469. The molecule has 1 amide bonds. The van der Waals surface area contributed by atoms with E-state index in [1.807, 2.05) is 18.7 Å². The van der Waals surface area contributed by atoms with Crippen LogP contribution in [0.15, 0.2) is 0 Å². The van der Waals surface area contributed by atoms with Crippen molar-refractivity contribution in [3.8, 4) is 0 Å². The van der Waals surface area contributed by atoms with Crippen molar-refractivity contribution in [2.75, 3.05) is 13.2 Å². The lowest BCUT2D eigenvalue weighted by Crippen LogP contribution is -2.47. The summed E-state index contributed by atoms with van der Waals surface area (Å²) >= 11 is 3.39. The molecule has 1 rings (SSSR count). The molecule has 0 aromatic rings. The number of rotatable bonds is 4. The Balaban J connectivity index is 2.68. The summed E-state index contributed by atoms with van der Waals surface area (Å²) < 4.78 is -0.523. The first-order valence-electron chi connectivity index (χ1n) is 5.57. The molecule has 0 aromatic heterocycles. The first kappa shape index (κ1) is 13.0. The van der Waals surface area contributed by atoms with E-state index in [0.29, 0.717) is 12.6 Å². The summed E-state index contributed by atoms with van der Waals surface area (Å²) in [7, 11) is 0. The first-order chi connectivity index (χ1) is 6.96. The Morgan fingerprint density at radius 3 is 2.40 bits per heavy atom. The monoisotopic (exact) mass is 277 g/mol. The Hall–Kier alpha value is -0.0900. The number of halogens is 1. The van der Waals surface area contributed by atoms with Gasteiger partial charge in [-0.05, 0) is 26.7 Å². The molecule has 0 saturated heterocycles. The van der Waals surface area contributed by atoms with Crippen LogP contribution in [0.3, 0.4) is 0 Å². The summed E-state index contributed by atoms with van der Waals surface area (Å²) in [6.45, 7) is 4.22. The summed E-state index contributed by atoms with van der Waals surface area (Å²) in [5.41, 5.74) is 0. The minimum Gasteiger partial charge on any atom is -0.395 e. The molecule has 0 bridgehead atoms. The smallest absolute Gasteiger partial charge is 0.239 e. The van der Waals surface area contributed by atoms with Crippen LogP contribution in [0.1, 0.15) is 39.5 Å². The van der Waals surface area contributed by atoms with Crippen LogP contribution >= 0.6 is 15.9 Å². The van der Waals surface area contributed by atoms with E-state index in [0.717, 1.165) is 12.8 Å². The van der Waals surface area contributed by atoms with Crippen LogP contribution in [0, 0.1) is 0 Å². The van der Waals surface area contributed by atoms with Crippen molar-refractivity contribution in [3.05, 3.63) is 0 Å². The van der Waals surface area contributed by atoms with Gasteiger partial charge in [0, 0.05) is 12.6 Å². The molecule has 0 unspecified atom stereocenters. The molecule has 4 heteroatoms. The van der Waals surface area contributed by atoms with Crippen molar-refractivity contribution in [3.63, 3.8) is 0 Å². The lowest BCUT2D eigenvalue weighted by molar-refractivity contribution is -0.135. The number of carbonyl (C=O) groups is 1. The molecule has 0 atom stereocenters. The van der Waals surface area contributed by atoms with Gasteiger partial charge in [0.1, 0.15) is 0 Å². The molecule has 1 aliphatic rings. The van der Waals surface area contributed by atoms with Crippen LogP contribution in [0.4, 0.5) is 0 Å². The number of amides is 1. The molecule has 88 valence electrons. The molecule has 0 heterocycles. The van der Waals surface area contributed by atoms with Gasteiger partial charge in [-0.3, -0.25) is 4.79 Å². The van der Waals surface area contributed by atoms with Gasteiger partial charge in [0.2, 0.25) is 5.91 Å². The number of hydrogen-bond acceptors (Lipinski definition) is 2. The molecule has 1 fully saturated rings. The van der Waals surface area contributed by atoms with Crippen molar-refractivity contribution < 1.29 is 9.90 Å². The third kappa shape index (κ3) is 3.45. The number of aliphatic hydroxyl groups is 1. The van der Waals surface area contributed by atoms with Crippen LogP contribution in [0.2, 0.25) is 0 Å². The highest BCUT2D eigenvalue weighted by Crippen LogP contribution is 2.27. The lowest BCUT2D eigenvalue weighted by Gasteiger charge is -2.32. The normalized spacial score (nSPS) is 18.1. The van der Waals surface area contributed by atoms with Crippen molar-refractivity contribution in [2.24, 2.45) is 0 Å². The van der Waals surface area contributed by atoms with Crippen molar-refractivity contribution >= 4 is 21.8 Å². The second kappa shape index (κ2) is 5.30. The molecule has 0 spiro atoms. The predicted octanol–water partition coefficient (Wildman–Crippen LogP) is 1.92. The molecular weight excluding hydrogens is 258 g/mol. The third-order valence-corrected chi connectivity index (χ3v) is 3.21. The van der Waals surface area contributed by atoms with Gasteiger partial charge < -0.3 is 10.0 Å². The van der Waals surface area contributed by atoms with Crippen molar-refractivity contribution in [1.82, 2.24) is 4.90 Å². The summed E-state index contributed by atoms with van der Waals surface area (Å²) in [5.74, 6) is 0.0865. The van der Waals surface area contributed by atoms with E-state index in [-0.39, 0.29) is 12.5 Å². The minimum atomic E-state index is -0.523. The van der Waals surface area contributed by atoms with Crippen LogP contribution in [0.5, 0.6) is 0 Å². The Morgan fingerprint density at radius 1 is 1.47 bits per heavy atom. The van der Waals surface area contributed by atoms with E-state index in [4.69, 9.17) is 5.11 Å². The largest absolute Gasteiger partial charge is 0.395 e. The van der Waals surface area contributed by atoms with E-state index in [2.05, 4.69) is 15.9 Å². The molecule has 0 radical (unpaired) electrons. The predicted molar refractivity (Wildman–Crippen MR) is 64.1 cm³/mol. The van der Waals surface area contributed by atoms with E-state index < -0.39 is 4.32 Å². The van der Waals surface area contributed by atoms with Crippen molar-refractivity contribution in [2.45, 2.75) is 49.9 Å². The fraction of sp³-hybridized carbons (Fsp3) is 0.909. The molecular formula is C11H20BrNO2. The Bertz CT molecular complexity index is 219. The zero-order chi connectivity index (χ0) is 11.5. The maximum Gasteiger partial charge on any atom is 0.239 e. The molecule has 1 aliphatic carbocycles. The fourth-order valence-electron chi connectivity index (χ4n) is 2.12. The Kier molecular flexibility index (Phi) is 4.59. The average Bonchev–Trinajstić information content (AvgIpc) is 2.64. The van der Waals surface area contributed by atoms with Crippen LogP contribution in [0.25, 0.3) is 0 Å². The maximum absolute atomic E-state index is 12.1. The maximum atomic E-state index is 12.1. The number of nitrogens with zero attached hydrogens (tertiary/aromatic N) is 1. The average molecular weight is 278 g/mol. The van der Waals surface area contributed by atoms with Crippen molar-refractivity contribution in [1.29, 1.82) is 0 Å². The molecule has 15 heavy (non-hydrogen) atoms. The molecule has 0 aliphatic heterocycles. The number of alkyl halides is 1. The Morgan fingerprint density at radius 2 is 2.00 bits per heavy atom. The summed E-state index contributed by atoms with van der Waals surface area (Å²) in [5, 5.41) is 9.00. The highest BCUT2D eigenvalue weighted by molar-refractivity contribution is 9.10. The highest BCUT2D eigenvalue weighted by atomic mass is 79.9. The van der Waals surface area contributed by atoms with Gasteiger partial charge in [-0.2, -0.15) is 0 Å². The molecule has 0 aromatic carbocycles. The second-order valence-electron chi connectivity index (χ2n) is 4.63. The molecule has 3 nitrogen and oxygen atoms in total. The summed E-state index contributed by atoms with van der Waals surface area (Å²) in [4.78, 5) is 13.9. The van der Waals surface area contributed by atoms with E-state index in [1.165, 1.54) is 12.8 Å². The fourth-order valence-corrected chi connectivity index (χ4v) is 2.34. The van der Waals surface area contributed by atoms with Crippen LogP contribution in [-0.2, 0) is 4.79 Å². The standard InChI is InChI=1S/C11H20BrNO2/c1-11(2,12)10(15)13(7-8-14)9-5-3-4-6-9/h9,14H,3-8H2,1-2H3. The number of hydrogen-bond donors (Lipinski definition) is 1. The van der Waals surface area contributed by atoms with Gasteiger partial charge in [-0.25, -0.2) is 0 Å². The number of aliphatic hydroxyl groups excluding tert-OH is 1. The third-order valence-electron chi connectivity index (χ3n) is 2.88. The zero-order valence-corrected chi connectivity index (χ0v) is 11.1. The molecule has 1 saturated carbocycles. The van der Waals surface area contributed by atoms with Gasteiger partial charge in [-0.1, -0.05) is 28.8 Å². The molecule has 1 N–H and O–H groups in total.